The van der Waals surface area contributed by atoms with E-state index in [0.717, 1.165) is 77.5 Å². The fraction of sp³-hybridized carbons (Fsp3) is 0. The van der Waals surface area contributed by atoms with E-state index in [1.54, 1.807) is 0 Å². The van der Waals surface area contributed by atoms with Gasteiger partial charge in [0.05, 0.1) is 22.1 Å². The lowest BCUT2D eigenvalue weighted by atomic mass is 9.98. The zero-order valence-electron chi connectivity index (χ0n) is 33.6. The first-order chi connectivity index (χ1) is 30.8. The fourth-order valence-corrected chi connectivity index (χ4v) is 9.13. The molecule has 3 heterocycles. The zero-order chi connectivity index (χ0) is 41.0. The Labute approximate surface area is 358 Å². The van der Waals surface area contributed by atoms with Crippen molar-refractivity contribution >= 4 is 43.6 Å². The molecule has 0 spiro atoms. The number of nitrogens with zero attached hydrogens (tertiary/aromatic N) is 5. The first kappa shape index (κ1) is 35.5. The van der Waals surface area contributed by atoms with E-state index in [1.807, 2.05) is 24.3 Å². The molecule has 62 heavy (non-hydrogen) atoms. The first-order valence-corrected chi connectivity index (χ1v) is 21.0. The molecule has 0 saturated heterocycles. The highest BCUT2D eigenvalue weighted by atomic mass is 15.2. The normalized spacial score (nSPS) is 11.5. The zero-order valence-corrected chi connectivity index (χ0v) is 33.6. The van der Waals surface area contributed by atoms with Crippen molar-refractivity contribution in [1.82, 2.24) is 24.1 Å². The average molecular weight is 792 g/mol. The lowest BCUT2D eigenvalue weighted by Crippen LogP contribution is -2.07. The van der Waals surface area contributed by atoms with E-state index in [1.165, 1.54) is 16.3 Å². The largest absolute Gasteiger partial charge is 0.309 e. The van der Waals surface area contributed by atoms with Gasteiger partial charge < -0.3 is 4.57 Å². The Hall–Kier alpha value is -8.41. The van der Waals surface area contributed by atoms with E-state index in [2.05, 4.69) is 209 Å². The van der Waals surface area contributed by atoms with Crippen LogP contribution in [0.1, 0.15) is 0 Å². The molecule has 0 radical (unpaired) electrons. The number of fused-ring (bicyclic) bond motifs is 7. The lowest BCUT2D eigenvalue weighted by molar-refractivity contribution is 0.954. The van der Waals surface area contributed by atoms with Gasteiger partial charge in [-0.1, -0.05) is 194 Å². The van der Waals surface area contributed by atoms with Crippen LogP contribution in [0.3, 0.4) is 0 Å². The second kappa shape index (κ2) is 14.7. The third kappa shape index (κ3) is 5.90. The Bertz CT molecular complexity index is 3590. The second-order valence-electron chi connectivity index (χ2n) is 15.6. The van der Waals surface area contributed by atoms with Gasteiger partial charge in [-0.05, 0) is 58.1 Å². The molecule has 0 fully saturated rings. The molecule has 12 rings (SSSR count). The minimum atomic E-state index is 0.553. The average Bonchev–Trinajstić information content (AvgIpc) is 3.88. The summed E-state index contributed by atoms with van der Waals surface area (Å²) in [6.45, 7) is 0. The van der Waals surface area contributed by atoms with Crippen molar-refractivity contribution in [2.24, 2.45) is 0 Å². The van der Waals surface area contributed by atoms with Gasteiger partial charge in [0.2, 0.25) is 5.95 Å². The monoisotopic (exact) mass is 791 g/mol. The van der Waals surface area contributed by atoms with Crippen LogP contribution in [0.15, 0.2) is 224 Å². The minimum Gasteiger partial charge on any atom is -0.309 e. The predicted octanol–water partition coefficient (Wildman–Crippen LogP) is 14.4. The van der Waals surface area contributed by atoms with Gasteiger partial charge in [0.1, 0.15) is 0 Å². The number of para-hydroxylation sites is 2. The molecule has 0 unspecified atom stereocenters. The molecule has 0 amide bonds. The summed E-state index contributed by atoms with van der Waals surface area (Å²) in [6.07, 6.45) is 0. The van der Waals surface area contributed by atoms with Gasteiger partial charge in [-0.15, -0.1) is 0 Å². The molecular weight excluding hydrogens is 755 g/mol. The van der Waals surface area contributed by atoms with Gasteiger partial charge in [-0.3, -0.25) is 4.57 Å². The molecule has 0 saturated carbocycles. The fourth-order valence-electron chi connectivity index (χ4n) is 9.13. The summed E-state index contributed by atoms with van der Waals surface area (Å²) in [4.78, 5) is 15.9. The second-order valence-corrected chi connectivity index (χ2v) is 15.6. The number of benzene rings is 9. The third-order valence-corrected chi connectivity index (χ3v) is 12.0. The van der Waals surface area contributed by atoms with Crippen molar-refractivity contribution in [3.05, 3.63) is 224 Å². The highest BCUT2D eigenvalue weighted by molar-refractivity contribution is 6.29. The maximum atomic E-state index is 5.39. The highest BCUT2D eigenvalue weighted by Gasteiger charge is 2.26. The van der Waals surface area contributed by atoms with Crippen molar-refractivity contribution < 1.29 is 0 Å². The third-order valence-electron chi connectivity index (χ3n) is 12.0. The molecule has 5 nitrogen and oxygen atoms in total. The van der Waals surface area contributed by atoms with Crippen LogP contribution < -0.4 is 0 Å². The lowest BCUT2D eigenvalue weighted by Gasteiger charge is -2.15. The van der Waals surface area contributed by atoms with E-state index in [9.17, 15) is 0 Å². The van der Waals surface area contributed by atoms with Gasteiger partial charge in [-0.2, -0.15) is 9.97 Å². The molecule has 9 aromatic carbocycles. The minimum absolute atomic E-state index is 0.553. The van der Waals surface area contributed by atoms with Crippen molar-refractivity contribution in [2.75, 3.05) is 0 Å². The van der Waals surface area contributed by atoms with Crippen LogP contribution in [0.4, 0.5) is 0 Å². The Kier molecular flexibility index (Phi) is 8.42. The van der Waals surface area contributed by atoms with Gasteiger partial charge in [0, 0.05) is 43.9 Å². The van der Waals surface area contributed by atoms with Crippen molar-refractivity contribution in [2.45, 2.75) is 0 Å². The van der Waals surface area contributed by atoms with E-state index < -0.39 is 0 Å². The number of hydrogen-bond acceptors (Lipinski definition) is 3. The summed E-state index contributed by atoms with van der Waals surface area (Å²) in [5.41, 5.74) is 14.1. The van der Waals surface area contributed by atoms with E-state index in [4.69, 9.17) is 15.0 Å². The number of rotatable bonds is 7. The number of hydrogen-bond donors (Lipinski definition) is 0. The van der Waals surface area contributed by atoms with Crippen LogP contribution in [-0.4, -0.2) is 24.1 Å². The van der Waals surface area contributed by atoms with Crippen LogP contribution in [0.2, 0.25) is 0 Å². The quantitative estimate of drug-likeness (QED) is 0.162. The molecule has 0 aliphatic heterocycles. The molecule has 3 aromatic heterocycles. The van der Waals surface area contributed by atoms with Crippen LogP contribution in [0, 0.1) is 0 Å². The van der Waals surface area contributed by atoms with Gasteiger partial charge in [0.25, 0.3) is 0 Å². The van der Waals surface area contributed by atoms with Crippen molar-refractivity contribution in [3.8, 4) is 67.8 Å². The van der Waals surface area contributed by atoms with E-state index in [0.29, 0.717) is 17.6 Å². The topological polar surface area (TPSA) is 48.5 Å². The molecule has 0 atom stereocenters. The van der Waals surface area contributed by atoms with Gasteiger partial charge >= 0.3 is 0 Å². The van der Waals surface area contributed by atoms with Crippen LogP contribution >= 0.6 is 0 Å². The summed E-state index contributed by atoms with van der Waals surface area (Å²) in [5.74, 6) is 1.77. The SMILES string of the molecule is c1ccc(-c2ccc(-c3nc(-c4ccccc4)nc(-n4c5ccccc5c5c4c(-c4ccccc4)cc4c6ccccc6n(-c6cccc(-c7ccccc7)c6)c45)n3)cc2)cc1. The summed E-state index contributed by atoms with van der Waals surface area (Å²) in [5, 5.41) is 4.62. The molecule has 0 N–H and O–H groups in total. The molecule has 290 valence electrons. The van der Waals surface area contributed by atoms with E-state index in [-0.39, 0.29) is 0 Å². The highest BCUT2D eigenvalue weighted by Crippen LogP contribution is 2.46. The Morgan fingerprint density at radius 3 is 1.40 bits per heavy atom. The van der Waals surface area contributed by atoms with E-state index >= 15 is 0 Å². The van der Waals surface area contributed by atoms with Crippen LogP contribution in [-0.2, 0) is 0 Å². The summed E-state index contributed by atoms with van der Waals surface area (Å²) < 4.78 is 4.72. The summed E-state index contributed by atoms with van der Waals surface area (Å²) >= 11 is 0. The Morgan fingerprint density at radius 2 is 0.758 bits per heavy atom. The molecule has 0 bridgehead atoms. The smallest absolute Gasteiger partial charge is 0.238 e. The Morgan fingerprint density at radius 1 is 0.290 bits per heavy atom. The predicted molar refractivity (Wildman–Crippen MR) is 256 cm³/mol. The van der Waals surface area contributed by atoms with Gasteiger partial charge in [-0.25, -0.2) is 4.98 Å². The standard InChI is InChI=1S/C57H37N5/c1-5-18-38(19-6-1)40-32-34-43(35-33-40)56-58-55(42-24-11-4-12-25-42)59-57(60-56)62-51-31-16-14-29-47(51)52-53(62)48(41-22-9-3-10-23-41)37-49-46-28-13-15-30-50(46)61(54(49)52)45-27-17-26-44(36-45)39-20-7-2-8-21-39/h1-37H. The molecule has 0 aliphatic carbocycles. The molecule has 5 heteroatoms. The van der Waals surface area contributed by atoms with Gasteiger partial charge in [0.15, 0.2) is 11.6 Å². The van der Waals surface area contributed by atoms with Crippen LogP contribution in [0.5, 0.6) is 0 Å². The maximum Gasteiger partial charge on any atom is 0.238 e. The summed E-state index contributed by atoms with van der Waals surface area (Å²) in [7, 11) is 0. The van der Waals surface area contributed by atoms with Crippen molar-refractivity contribution in [3.63, 3.8) is 0 Å². The number of aromatic nitrogens is 5. The summed E-state index contributed by atoms with van der Waals surface area (Å²) in [6, 6.07) is 79.2. The van der Waals surface area contributed by atoms with Crippen LogP contribution in [0.25, 0.3) is 111 Å². The first-order valence-electron chi connectivity index (χ1n) is 21.0. The molecule has 0 aliphatic rings. The molecular formula is C57H37N5. The Balaban J connectivity index is 1.20. The maximum absolute atomic E-state index is 5.39. The molecule has 12 aromatic rings. The van der Waals surface area contributed by atoms with Crippen molar-refractivity contribution in [1.29, 1.82) is 0 Å².